The van der Waals surface area contributed by atoms with Crippen LogP contribution < -0.4 is 9.47 Å². The van der Waals surface area contributed by atoms with Gasteiger partial charge in [-0.15, -0.1) is 0 Å². The number of aliphatic hydroxyl groups excluding tert-OH is 2. The number of methoxy groups -OCH3 is 2. The lowest BCUT2D eigenvalue weighted by Crippen LogP contribution is -2.26. The van der Waals surface area contributed by atoms with E-state index in [-0.39, 0.29) is 43.7 Å². The molecule has 0 fully saturated rings. The number of carbonyl (C=O) groups is 3. The Morgan fingerprint density at radius 3 is 1.11 bits per heavy atom. The molecular formula is C55H48N2O7. The summed E-state index contributed by atoms with van der Waals surface area (Å²) < 4.78 is 10.9. The molecular weight excluding hydrogens is 801 g/mol. The van der Waals surface area contributed by atoms with Crippen LogP contribution in [0.1, 0.15) is 70.7 Å². The van der Waals surface area contributed by atoms with Crippen molar-refractivity contribution in [2.24, 2.45) is 0 Å². The molecule has 2 heterocycles. The first kappa shape index (κ1) is 43.1. The van der Waals surface area contributed by atoms with Gasteiger partial charge in [0.25, 0.3) is 0 Å². The summed E-state index contributed by atoms with van der Waals surface area (Å²) in [7, 11) is 3.22. The second-order valence-electron chi connectivity index (χ2n) is 15.5. The highest BCUT2D eigenvalue weighted by molar-refractivity contribution is 6.13. The predicted octanol–water partition coefficient (Wildman–Crippen LogP) is 9.33. The number of hydrogen-bond donors (Lipinski definition) is 2. The van der Waals surface area contributed by atoms with Crippen molar-refractivity contribution in [3.63, 3.8) is 0 Å². The molecule has 2 atom stereocenters. The Morgan fingerprint density at radius 1 is 0.438 bits per heavy atom. The average Bonchev–Trinajstić information content (AvgIpc) is 3.36. The average molecular weight is 849 g/mol. The molecule has 0 radical (unpaired) electrons. The van der Waals surface area contributed by atoms with E-state index < -0.39 is 11.8 Å². The third-order valence-corrected chi connectivity index (χ3v) is 11.6. The molecule has 0 spiro atoms. The number of rotatable bonds is 16. The number of nitrogens with zero attached hydrogens (tertiary/aromatic N) is 2. The summed E-state index contributed by atoms with van der Waals surface area (Å²) in [6.45, 7) is 0.345. The standard InChI is InChI=1S/C55H48N2O7/c1-63-45-25-21-39(22-26-45)51-47(33-56(29-31-58)35-49(51)54(61)41-9-5-3-6-10-41)37-13-17-43(18-14-37)53(60)44-19-15-38(16-20-44)48-34-57(30-32-59)36-50(55(62)42-11-7-4-8-12-42)52(48)40-23-27-46(64-2)28-24-40/h3-28,33-36,51-52,58-59H,29-32H2,1-2H3. The van der Waals surface area contributed by atoms with Crippen LogP contribution in [0.15, 0.2) is 194 Å². The Morgan fingerprint density at radius 2 is 0.781 bits per heavy atom. The number of ketones is 3. The Bertz CT molecular complexity index is 2550. The first-order chi connectivity index (χ1) is 31.3. The van der Waals surface area contributed by atoms with Crippen LogP contribution in [0.3, 0.4) is 0 Å². The summed E-state index contributed by atoms with van der Waals surface area (Å²) in [6, 6.07) is 48.4. The number of hydrogen-bond acceptors (Lipinski definition) is 9. The van der Waals surface area contributed by atoms with Gasteiger partial charge in [0.15, 0.2) is 17.3 Å². The second-order valence-corrected chi connectivity index (χ2v) is 15.5. The number of ether oxygens (including phenoxy) is 2. The number of aliphatic hydroxyl groups is 2. The Hall–Kier alpha value is -7.59. The van der Waals surface area contributed by atoms with E-state index >= 15 is 0 Å². The highest BCUT2D eigenvalue weighted by Gasteiger charge is 2.34. The van der Waals surface area contributed by atoms with E-state index in [0.29, 0.717) is 44.9 Å². The van der Waals surface area contributed by atoms with Crippen LogP contribution in [-0.2, 0) is 0 Å². The Balaban J connectivity index is 1.11. The van der Waals surface area contributed by atoms with Crippen molar-refractivity contribution < 1.29 is 34.1 Å². The quantitative estimate of drug-likeness (QED) is 0.0920. The summed E-state index contributed by atoms with van der Waals surface area (Å²) in [5.74, 6) is 0.0596. The van der Waals surface area contributed by atoms with Crippen LogP contribution in [0.5, 0.6) is 11.5 Å². The Kier molecular flexibility index (Phi) is 13.2. The van der Waals surface area contributed by atoms with Gasteiger partial charge in [-0.3, -0.25) is 14.4 Å². The topological polar surface area (TPSA) is 117 Å². The molecule has 0 amide bonds. The molecule has 6 aromatic rings. The van der Waals surface area contributed by atoms with Gasteiger partial charge in [-0.25, -0.2) is 0 Å². The maximum absolute atomic E-state index is 14.2. The molecule has 0 bridgehead atoms. The maximum Gasteiger partial charge on any atom is 0.193 e. The van der Waals surface area contributed by atoms with E-state index in [4.69, 9.17) is 9.47 Å². The molecule has 6 aromatic carbocycles. The highest BCUT2D eigenvalue weighted by Crippen LogP contribution is 2.45. The summed E-state index contributed by atoms with van der Waals surface area (Å²) in [5, 5.41) is 20.0. The molecule has 2 aliphatic rings. The first-order valence-electron chi connectivity index (χ1n) is 21.1. The number of β-amino-alcohol motifs (C(OH)–C–C–N with tert-alkyl or cyclic N) is 2. The zero-order valence-corrected chi connectivity index (χ0v) is 35.6. The molecule has 9 nitrogen and oxygen atoms in total. The fourth-order valence-electron chi connectivity index (χ4n) is 8.39. The van der Waals surface area contributed by atoms with Crippen molar-refractivity contribution in [1.82, 2.24) is 9.80 Å². The largest absolute Gasteiger partial charge is 0.497 e. The van der Waals surface area contributed by atoms with Crippen molar-refractivity contribution in [1.29, 1.82) is 0 Å². The summed E-state index contributed by atoms with van der Waals surface area (Å²) in [5.41, 5.74) is 8.27. The van der Waals surface area contributed by atoms with Gasteiger partial charge in [-0.2, -0.15) is 0 Å². The van der Waals surface area contributed by atoms with Gasteiger partial charge >= 0.3 is 0 Å². The minimum absolute atomic E-state index is 0.115. The number of benzene rings is 6. The zero-order chi connectivity index (χ0) is 44.6. The molecule has 2 aliphatic heterocycles. The molecule has 320 valence electrons. The lowest BCUT2D eigenvalue weighted by Gasteiger charge is -2.32. The van der Waals surface area contributed by atoms with Crippen LogP contribution in [0, 0.1) is 0 Å². The van der Waals surface area contributed by atoms with Gasteiger partial charge in [0, 0.05) is 83.1 Å². The van der Waals surface area contributed by atoms with E-state index in [1.165, 1.54) is 0 Å². The third kappa shape index (κ3) is 9.13. The van der Waals surface area contributed by atoms with Crippen LogP contribution in [0.4, 0.5) is 0 Å². The van der Waals surface area contributed by atoms with Gasteiger partial charge in [0.05, 0.1) is 27.4 Å². The van der Waals surface area contributed by atoms with Crippen molar-refractivity contribution >= 4 is 28.5 Å². The molecule has 64 heavy (non-hydrogen) atoms. The van der Waals surface area contributed by atoms with E-state index in [2.05, 4.69) is 0 Å². The minimum atomic E-state index is -0.454. The van der Waals surface area contributed by atoms with Crippen LogP contribution >= 0.6 is 0 Å². The van der Waals surface area contributed by atoms with E-state index in [9.17, 15) is 24.6 Å². The number of Topliss-reactive ketones (excluding diaryl/α,β-unsaturated/α-hetero) is 2. The van der Waals surface area contributed by atoms with Gasteiger partial charge in [-0.1, -0.05) is 133 Å². The summed E-state index contributed by atoms with van der Waals surface area (Å²) in [4.78, 5) is 46.3. The highest BCUT2D eigenvalue weighted by atomic mass is 16.5. The molecule has 0 saturated heterocycles. The summed E-state index contributed by atoms with van der Waals surface area (Å²) >= 11 is 0. The van der Waals surface area contributed by atoms with Crippen molar-refractivity contribution in [2.45, 2.75) is 11.8 Å². The van der Waals surface area contributed by atoms with Gasteiger partial charge in [0.2, 0.25) is 0 Å². The van der Waals surface area contributed by atoms with Crippen molar-refractivity contribution in [3.05, 3.63) is 238 Å². The van der Waals surface area contributed by atoms with E-state index in [1.807, 2.05) is 144 Å². The Labute approximate surface area is 373 Å². The maximum atomic E-state index is 14.2. The fraction of sp³-hybridized carbons (Fsp3) is 0.145. The van der Waals surface area contributed by atoms with Gasteiger partial charge in [-0.05, 0) is 57.7 Å². The van der Waals surface area contributed by atoms with Crippen molar-refractivity contribution in [3.8, 4) is 11.5 Å². The monoisotopic (exact) mass is 848 g/mol. The van der Waals surface area contributed by atoms with Gasteiger partial charge < -0.3 is 29.5 Å². The molecule has 9 heteroatoms. The first-order valence-corrected chi connectivity index (χ1v) is 21.1. The van der Waals surface area contributed by atoms with Gasteiger partial charge in [0.1, 0.15) is 11.5 Å². The molecule has 0 aliphatic carbocycles. The number of allylic oxidation sites excluding steroid dienone is 4. The van der Waals surface area contributed by atoms with E-state index in [1.54, 1.807) is 62.8 Å². The molecule has 0 saturated carbocycles. The second kappa shape index (κ2) is 19.6. The molecule has 2 unspecified atom stereocenters. The molecule has 0 aromatic heterocycles. The number of carbonyl (C=O) groups excluding carboxylic acids is 3. The van der Waals surface area contributed by atoms with Crippen molar-refractivity contribution in [2.75, 3.05) is 40.5 Å². The smallest absolute Gasteiger partial charge is 0.193 e. The minimum Gasteiger partial charge on any atom is -0.497 e. The van der Waals surface area contributed by atoms with Crippen LogP contribution in [0.2, 0.25) is 0 Å². The predicted molar refractivity (Wildman–Crippen MR) is 249 cm³/mol. The molecule has 8 rings (SSSR count). The SMILES string of the molecule is COc1ccc(C2C(C(=O)c3ccccc3)=CN(CCO)C=C2c2ccc(C(=O)c3ccc(C4=CN(CCO)C=C(C(=O)c5ccccc5)C4c4ccc(OC)cc4)cc3)cc2)cc1. The van der Waals surface area contributed by atoms with Crippen LogP contribution in [-0.4, -0.2) is 77.9 Å². The lowest BCUT2D eigenvalue weighted by molar-refractivity contribution is 0.101. The lowest BCUT2D eigenvalue weighted by atomic mass is 9.77. The third-order valence-electron chi connectivity index (χ3n) is 11.6. The fourth-order valence-corrected chi connectivity index (χ4v) is 8.39. The van der Waals surface area contributed by atoms with Crippen LogP contribution in [0.25, 0.3) is 11.1 Å². The zero-order valence-electron chi connectivity index (χ0n) is 35.6. The van der Waals surface area contributed by atoms with E-state index in [0.717, 1.165) is 33.4 Å². The normalized spacial score (nSPS) is 15.9. The summed E-state index contributed by atoms with van der Waals surface area (Å²) in [6.07, 6.45) is 7.54. The molecule has 2 N–H and O–H groups in total.